The Morgan fingerprint density at radius 3 is 2.59 bits per heavy atom. The summed E-state index contributed by atoms with van der Waals surface area (Å²) < 4.78 is 0.847. The van der Waals surface area contributed by atoms with E-state index in [2.05, 4.69) is 27.9 Å². The molecule has 3 fully saturated rings. The highest BCUT2D eigenvalue weighted by Crippen LogP contribution is 2.69. The molecule has 216 valence electrons. The molecule has 3 unspecified atom stereocenters. The second-order valence-electron chi connectivity index (χ2n) is 11.9. The summed E-state index contributed by atoms with van der Waals surface area (Å²) in [5, 5.41) is 24.8. The minimum Gasteiger partial charge on any atom is -0.394 e. The number of nitrogens with one attached hydrogen (secondary N) is 2. The summed E-state index contributed by atoms with van der Waals surface area (Å²) in [7, 11) is 0. The molecule has 3 aliphatic rings. The molecule has 0 saturated carbocycles. The Morgan fingerprint density at radius 2 is 1.85 bits per heavy atom. The molecule has 10 nitrogen and oxygen atoms in total. The van der Waals surface area contributed by atoms with Gasteiger partial charge in [-0.15, -0.1) is 16.9 Å². The van der Waals surface area contributed by atoms with Crippen LogP contribution < -0.4 is 10.6 Å². The molecule has 7 atom stereocenters. The number of benzene rings is 2. The quantitative estimate of drug-likeness (QED) is 0.357. The number of nitrogens with zero attached hydrogens (tertiary/aromatic N) is 4. The molecule has 4 heterocycles. The van der Waals surface area contributed by atoms with Crippen molar-refractivity contribution >= 4 is 46.2 Å². The van der Waals surface area contributed by atoms with E-state index in [1.54, 1.807) is 21.3 Å². The van der Waals surface area contributed by atoms with Gasteiger partial charge in [0.25, 0.3) is 0 Å². The molecular weight excluding hydrogens is 540 g/mol. The van der Waals surface area contributed by atoms with E-state index in [9.17, 15) is 19.5 Å². The Balaban J connectivity index is 1.35. The van der Waals surface area contributed by atoms with Gasteiger partial charge in [0.05, 0.1) is 34.7 Å². The number of thioether (sulfide) groups is 1. The number of hydrogen-bond acceptors (Lipinski definition) is 7. The summed E-state index contributed by atoms with van der Waals surface area (Å²) in [5.74, 6) is -1.71. The monoisotopic (exact) mass is 576 g/mol. The average molecular weight is 577 g/mol. The lowest BCUT2D eigenvalue weighted by Crippen LogP contribution is -2.58. The van der Waals surface area contributed by atoms with E-state index in [-0.39, 0.29) is 48.1 Å². The van der Waals surface area contributed by atoms with E-state index in [1.165, 1.54) is 0 Å². The zero-order chi connectivity index (χ0) is 28.9. The Hall–Kier alpha value is -3.44. The lowest BCUT2D eigenvalue weighted by molar-refractivity contribution is -0.142. The molecule has 0 aliphatic carbocycles. The lowest BCUT2D eigenvalue weighted by atomic mass is 9.66. The standard InChI is InChI=1S/C30H36N6O4S/c1-17(2)13-20(15-37)36-26(28(39)31-16-35-22-12-8-7-11-21(22)33-34-35)30-18(3)14-23(41-30)24(25(30)29(36)40)27(38)32-19-9-5-4-6-10-19/h4-12,17-18,20,23-26,37H,13-16H2,1-3H3,(H,31,39)(H,32,38)/t18?,20-,23-,24+,25+,26?,30?/m1/s1. The van der Waals surface area contributed by atoms with Gasteiger partial charge >= 0.3 is 0 Å². The van der Waals surface area contributed by atoms with Crippen molar-refractivity contribution in [2.75, 3.05) is 11.9 Å². The molecular formula is C30H36N6O4S. The van der Waals surface area contributed by atoms with Gasteiger partial charge in [-0.05, 0) is 48.9 Å². The largest absolute Gasteiger partial charge is 0.394 e. The fraction of sp³-hybridized carbons (Fsp3) is 0.500. The highest BCUT2D eigenvalue weighted by molar-refractivity contribution is 8.02. The SMILES string of the molecule is CC(C)C[C@H](CO)N1C(=O)[C@@H]2[C@@H](C(=O)Nc3ccccc3)[C@H]3CC(C)C2(S3)C1C(=O)NCn1nnc2ccccc21. The highest BCUT2D eigenvalue weighted by atomic mass is 32.2. The van der Waals surface area contributed by atoms with Crippen LogP contribution in [0.4, 0.5) is 5.69 Å². The number of para-hydroxylation sites is 2. The van der Waals surface area contributed by atoms with Gasteiger partial charge in [0, 0.05) is 10.9 Å². The molecule has 1 spiro atoms. The van der Waals surface area contributed by atoms with E-state index in [1.807, 2.05) is 68.4 Å². The number of aliphatic hydroxyl groups excluding tert-OH is 1. The smallest absolute Gasteiger partial charge is 0.245 e. The summed E-state index contributed by atoms with van der Waals surface area (Å²) in [6.45, 7) is 5.99. The van der Waals surface area contributed by atoms with Gasteiger partial charge in [-0.3, -0.25) is 14.4 Å². The van der Waals surface area contributed by atoms with Crippen molar-refractivity contribution in [2.24, 2.45) is 23.7 Å². The van der Waals surface area contributed by atoms with Crippen LogP contribution in [0.3, 0.4) is 0 Å². The number of fused-ring (bicyclic) bond motifs is 2. The van der Waals surface area contributed by atoms with Gasteiger partial charge in [-0.25, -0.2) is 4.68 Å². The molecule has 11 heteroatoms. The minimum atomic E-state index is -0.829. The van der Waals surface area contributed by atoms with Crippen molar-refractivity contribution in [1.82, 2.24) is 25.2 Å². The van der Waals surface area contributed by atoms with Gasteiger partial charge in [0.15, 0.2) is 0 Å². The van der Waals surface area contributed by atoms with Crippen molar-refractivity contribution in [1.29, 1.82) is 0 Å². The maximum Gasteiger partial charge on any atom is 0.245 e. The van der Waals surface area contributed by atoms with Crippen molar-refractivity contribution in [3.63, 3.8) is 0 Å². The third kappa shape index (κ3) is 4.50. The zero-order valence-corrected chi connectivity index (χ0v) is 24.3. The Morgan fingerprint density at radius 1 is 1.12 bits per heavy atom. The molecule has 1 aromatic heterocycles. The van der Waals surface area contributed by atoms with Crippen LogP contribution in [0.1, 0.15) is 33.6 Å². The van der Waals surface area contributed by atoms with Crippen LogP contribution in [0, 0.1) is 23.7 Å². The summed E-state index contributed by atoms with van der Waals surface area (Å²) in [6, 6.07) is 15.4. The third-order valence-electron chi connectivity index (χ3n) is 8.95. The van der Waals surface area contributed by atoms with Crippen LogP contribution in [0.15, 0.2) is 54.6 Å². The molecule has 3 aliphatic heterocycles. The van der Waals surface area contributed by atoms with E-state index in [0.717, 1.165) is 17.5 Å². The van der Waals surface area contributed by atoms with Gasteiger partial charge in [0.1, 0.15) is 18.2 Å². The normalized spacial score (nSPS) is 29.2. The van der Waals surface area contributed by atoms with E-state index >= 15 is 0 Å². The van der Waals surface area contributed by atoms with Crippen molar-refractivity contribution < 1.29 is 19.5 Å². The van der Waals surface area contributed by atoms with Gasteiger partial charge in [0.2, 0.25) is 17.7 Å². The van der Waals surface area contributed by atoms with E-state index < -0.39 is 28.7 Å². The Bertz CT molecular complexity index is 1460. The number of anilines is 1. The topological polar surface area (TPSA) is 129 Å². The van der Waals surface area contributed by atoms with E-state index in [4.69, 9.17) is 0 Å². The first kappa shape index (κ1) is 27.7. The molecule has 2 aromatic carbocycles. The maximum absolute atomic E-state index is 14.4. The third-order valence-corrected chi connectivity index (χ3v) is 11.0. The second-order valence-corrected chi connectivity index (χ2v) is 13.4. The predicted molar refractivity (Wildman–Crippen MR) is 157 cm³/mol. The Kier molecular flexibility index (Phi) is 7.27. The summed E-state index contributed by atoms with van der Waals surface area (Å²) in [6.07, 6.45) is 1.28. The summed E-state index contributed by atoms with van der Waals surface area (Å²) in [4.78, 5) is 44.0. The molecule has 0 radical (unpaired) electrons. The van der Waals surface area contributed by atoms with Gasteiger partial charge in [-0.1, -0.05) is 56.3 Å². The molecule has 3 N–H and O–H groups in total. The van der Waals surface area contributed by atoms with Crippen molar-refractivity contribution in [3.8, 4) is 0 Å². The minimum absolute atomic E-state index is 0.0265. The summed E-state index contributed by atoms with van der Waals surface area (Å²) >= 11 is 1.62. The maximum atomic E-state index is 14.4. The number of carbonyl (C=O) groups excluding carboxylic acids is 3. The second kappa shape index (κ2) is 10.8. The van der Waals surface area contributed by atoms with Crippen molar-refractivity contribution in [3.05, 3.63) is 54.6 Å². The molecule has 41 heavy (non-hydrogen) atoms. The fourth-order valence-electron chi connectivity index (χ4n) is 7.30. The average Bonchev–Trinajstić information content (AvgIpc) is 3.68. The van der Waals surface area contributed by atoms with Crippen LogP contribution in [0.25, 0.3) is 11.0 Å². The van der Waals surface area contributed by atoms with Crippen molar-refractivity contribution in [2.45, 2.75) is 62.4 Å². The predicted octanol–water partition coefficient (Wildman–Crippen LogP) is 2.89. The molecule has 6 rings (SSSR count). The lowest BCUT2D eigenvalue weighted by Gasteiger charge is -2.40. The number of carbonyl (C=O) groups is 3. The molecule has 3 amide bonds. The number of aliphatic hydroxyl groups is 1. The highest BCUT2D eigenvalue weighted by Gasteiger charge is 2.76. The number of hydrogen-bond donors (Lipinski definition) is 3. The molecule has 3 aromatic rings. The summed E-state index contributed by atoms with van der Waals surface area (Å²) in [5.41, 5.74) is 2.19. The first-order valence-corrected chi connectivity index (χ1v) is 15.2. The number of aromatic nitrogens is 3. The van der Waals surface area contributed by atoms with Gasteiger partial charge in [-0.2, -0.15) is 0 Å². The van der Waals surface area contributed by atoms with E-state index in [0.29, 0.717) is 12.1 Å². The Labute approximate surface area is 243 Å². The number of rotatable bonds is 9. The fourth-order valence-corrected chi connectivity index (χ4v) is 9.71. The molecule has 2 bridgehead atoms. The van der Waals surface area contributed by atoms with Crippen LogP contribution in [-0.4, -0.2) is 71.4 Å². The number of likely N-dealkylation sites (tertiary alicyclic amines) is 1. The number of amides is 3. The molecule has 3 saturated heterocycles. The van der Waals surface area contributed by atoms with Crippen LogP contribution in [0.2, 0.25) is 0 Å². The van der Waals surface area contributed by atoms with Crippen LogP contribution in [0.5, 0.6) is 0 Å². The first-order valence-electron chi connectivity index (χ1n) is 14.3. The van der Waals surface area contributed by atoms with Gasteiger partial charge < -0.3 is 20.6 Å². The van der Waals surface area contributed by atoms with Crippen LogP contribution >= 0.6 is 11.8 Å². The first-order chi connectivity index (χ1) is 19.8. The zero-order valence-electron chi connectivity index (χ0n) is 23.4. The van der Waals surface area contributed by atoms with Crippen LogP contribution in [-0.2, 0) is 21.1 Å².